The van der Waals surface area contributed by atoms with Crippen molar-refractivity contribution in [3.63, 3.8) is 0 Å². The first-order valence-corrected chi connectivity index (χ1v) is 4.81. The van der Waals surface area contributed by atoms with Crippen LogP contribution in [0, 0.1) is 18.8 Å². The Bertz CT molecular complexity index is 348. The maximum Gasteiger partial charge on any atom is 0.247 e. The number of nitrogens with one attached hydrogen (secondary N) is 1. The Labute approximate surface area is 76.7 Å². The molecule has 0 radical (unpaired) electrons. The second-order valence-corrected chi connectivity index (χ2v) is 4.13. The van der Waals surface area contributed by atoms with E-state index in [0.717, 1.165) is 18.3 Å². The summed E-state index contributed by atoms with van der Waals surface area (Å²) < 4.78 is 5.24. The standard InChI is InChI=1S/C9H13N3O/c1-5-7-3-4-10-9(5,7)8-11-6(2)12-13-8/h5,7,10H,3-4H2,1-2H3. The molecule has 3 unspecified atom stereocenters. The molecule has 1 aliphatic carbocycles. The van der Waals surface area contributed by atoms with E-state index < -0.39 is 0 Å². The van der Waals surface area contributed by atoms with E-state index in [4.69, 9.17) is 4.52 Å². The number of aryl methyl sites for hydroxylation is 1. The summed E-state index contributed by atoms with van der Waals surface area (Å²) in [6.07, 6.45) is 1.24. The minimum atomic E-state index is 0.0429. The van der Waals surface area contributed by atoms with Crippen LogP contribution in [-0.4, -0.2) is 16.7 Å². The van der Waals surface area contributed by atoms with E-state index in [1.807, 2.05) is 6.92 Å². The molecule has 2 aliphatic rings. The molecule has 13 heavy (non-hydrogen) atoms. The lowest BCUT2D eigenvalue weighted by atomic mass is 10.2. The van der Waals surface area contributed by atoms with Gasteiger partial charge in [0.1, 0.15) is 5.54 Å². The van der Waals surface area contributed by atoms with Crippen molar-refractivity contribution in [3.05, 3.63) is 11.7 Å². The Balaban J connectivity index is 2.01. The first-order chi connectivity index (χ1) is 6.25. The van der Waals surface area contributed by atoms with E-state index in [9.17, 15) is 0 Å². The average molecular weight is 179 g/mol. The molecule has 3 atom stereocenters. The highest BCUT2D eigenvalue weighted by Gasteiger charge is 2.68. The first kappa shape index (κ1) is 7.50. The average Bonchev–Trinajstić information content (AvgIpc) is 2.60. The quantitative estimate of drug-likeness (QED) is 0.693. The largest absolute Gasteiger partial charge is 0.337 e. The minimum Gasteiger partial charge on any atom is -0.337 e. The topological polar surface area (TPSA) is 51.0 Å². The van der Waals surface area contributed by atoms with Crippen LogP contribution in [0.5, 0.6) is 0 Å². The third kappa shape index (κ3) is 0.746. The molecule has 2 heterocycles. The van der Waals surface area contributed by atoms with Crippen LogP contribution in [0.15, 0.2) is 4.52 Å². The number of nitrogens with zero attached hydrogens (tertiary/aromatic N) is 2. The van der Waals surface area contributed by atoms with Gasteiger partial charge in [-0.3, -0.25) is 0 Å². The van der Waals surface area contributed by atoms with Crippen LogP contribution in [0.25, 0.3) is 0 Å². The van der Waals surface area contributed by atoms with Gasteiger partial charge in [0.15, 0.2) is 5.82 Å². The summed E-state index contributed by atoms with van der Waals surface area (Å²) in [5.41, 5.74) is 0.0429. The number of piperidine rings is 1. The van der Waals surface area contributed by atoms with Gasteiger partial charge in [0.05, 0.1) is 0 Å². The Kier molecular flexibility index (Phi) is 1.22. The van der Waals surface area contributed by atoms with Gasteiger partial charge in [-0.1, -0.05) is 12.1 Å². The summed E-state index contributed by atoms with van der Waals surface area (Å²) in [4.78, 5) is 4.32. The van der Waals surface area contributed by atoms with Gasteiger partial charge in [-0.05, 0) is 31.7 Å². The molecule has 4 nitrogen and oxygen atoms in total. The third-order valence-electron chi connectivity index (χ3n) is 3.55. The normalized spacial score (nSPS) is 42.0. The van der Waals surface area contributed by atoms with Gasteiger partial charge in [0.25, 0.3) is 0 Å². The van der Waals surface area contributed by atoms with Crippen LogP contribution >= 0.6 is 0 Å². The van der Waals surface area contributed by atoms with Crippen molar-refractivity contribution < 1.29 is 4.52 Å². The molecule has 2 fully saturated rings. The van der Waals surface area contributed by atoms with Crippen molar-refractivity contribution in [1.29, 1.82) is 0 Å². The molecule has 1 saturated carbocycles. The Morgan fingerprint density at radius 2 is 2.46 bits per heavy atom. The fourth-order valence-electron chi connectivity index (χ4n) is 2.75. The number of aromatic nitrogens is 2. The van der Waals surface area contributed by atoms with Gasteiger partial charge in [0.2, 0.25) is 5.89 Å². The van der Waals surface area contributed by atoms with Crippen LogP contribution in [0.2, 0.25) is 0 Å². The van der Waals surface area contributed by atoms with Crippen LogP contribution in [0.1, 0.15) is 25.1 Å². The summed E-state index contributed by atoms with van der Waals surface area (Å²) in [7, 11) is 0. The van der Waals surface area contributed by atoms with E-state index in [1.165, 1.54) is 6.42 Å². The van der Waals surface area contributed by atoms with Gasteiger partial charge >= 0.3 is 0 Å². The molecule has 0 spiro atoms. The summed E-state index contributed by atoms with van der Waals surface area (Å²) in [5.74, 6) is 2.89. The van der Waals surface area contributed by atoms with Gasteiger partial charge in [-0.2, -0.15) is 4.98 Å². The zero-order valence-corrected chi connectivity index (χ0v) is 7.87. The number of rotatable bonds is 1. The molecule has 3 rings (SSSR count). The predicted octanol–water partition coefficient (Wildman–Crippen LogP) is 0.833. The first-order valence-electron chi connectivity index (χ1n) is 4.81. The lowest BCUT2D eigenvalue weighted by Crippen LogP contribution is -2.28. The summed E-state index contributed by atoms with van der Waals surface area (Å²) in [6.45, 7) is 5.19. The molecule has 70 valence electrons. The predicted molar refractivity (Wildman–Crippen MR) is 46.0 cm³/mol. The minimum absolute atomic E-state index is 0.0429. The van der Waals surface area contributed by atoms with Crippen molar-refractivity contribution in [2.45, 2.75) is 25.8 Å². The molecular weight excluding hydrogens is 166 g/mol. The zero-order valence-electron chi connectivity index (χ0n) is 7.87. The maximum absolute atomic E-state index is 5.24. The molecular formula is C9H13N3O. The molecule has 0 amide bonds. The lowest BCUT2D eigenvalue weighted by molar-refractivity contribution is 0.315. The Hall–Kier alpha value is -0.900. The monoisotopic (exact) mass is 179 g/mol. The molecule has 4 heteroatoms. The maximum atomic E-state index is 5.24. The summed E-state index contributed by atoms with van der Waals surface area (Å²) in [6, 6.07) is 0. The zero-order chi connectivity index (χ0) is 9.05. The van der Waals surface area contributed by atoms with Gasteiger partial charge < -0.3 is 9.84 Å². The molecule has 1 N–H and O–H groups in total. The highest BCUT2D eigenvalue weighted by atomic mass is 16.5. The van der Waals surface area contributed by atoms with Gasteiger partial charge in [0, 0.05) is 0 Å². The van der Waals surface area contributed by atoms with E-state index in [2.05, 4.69) is 22.4 Å². The number of fused-ring (bicyclic) bond motifs is 1. The van der Waals surface area contributed by atoms with Crippen molar-refractivity contribution in [2.75, 3.05) is 6.54 Å². The molecule has 1 saturated heterocycles. The third-order valence-corrected chi connectivity index (χ3v) is 3.55. The molecule has 1 aliphatic heterocycles. The summed E-state index contributed by atoms with van der Waals surface area (Å²) >= 11 is 0. The lowest BCUT2D eigenvalue weighted by Gasteiger charge is -2.08. The van der Waals surface area contributed by atoms with Crippen molar-refractivity contribution >= 4 is 0 Å². The van der Waals surface area contributed by atoms with Crippen molar-refractivity contribution in [1.82, 2.24) is 15.5 Å². The molecule has 1 aromatic rings. The van der Waals surface area contributed by atoms with Crippen molar-refractivity contribution in [3.8, 4) is 0 Å². The Morgan fingerprint density at radius 3 is 3.00 bits per heavy atom. The fourth-order valence-corrected chi connectivity index (χ4v) is 2.75. The van der Waals surface area contributed by atoms with Crippen molar-refractivity contribution in [2.24, 2.45) is 11.8 Å². The molecule has 0 aromatic carbocycles. The molecule has 1 aromatic heterocycles. The van der Waals surface area contributed by atoms with E-state index in [1.54, 1.807) is 0 Å². The highest BCUT2D eigenvalue weighted by Crippen LogP contribution is 2.61. The van der Waals surface area contributed by atoms with Crippen LogP contribution in [0.3, 0.4) is 0 Å². The van der Waals surface area contributed by atoms with Crippen LogP contribution < -0.4 is 5.32 Å². The molecule has 0 bridgehead atoms. The van der Waals surface area contributed by atoms with Crippen LogP contribution in [0.4, 0.5) is 0 Å². The second kappa shape index (κ2) is 2.12. The second-order valence-electron chi connectivity index (χ2n) is 4.13. The van der Waals surface area contributed by atoms with Gasteiger partial charge in [-0.25, -0.2) is 0 Å². The van der Waals surface area contributed by atoms with E-state index in [-0.39, 0.29) is 5.54 Å². The smallest absolute Gasteiger partial charge is 0.247 e. The van der Waals surface area contributed by atoms with E-state index >= 15 is 0 Å². The Morgan fingerprint density at radius 1 is 1.62 bits per heavy atom. The van der Waals surface area contributed by atoms with E-state index in [0.29, 0.717) is 11.8 Å². The fraction of sp³-hybridized carbons (Fsp3) is 0.778. The van der Waals surface area contributed by atoms with Gasteiger partial charge in [-0.15, -0.1) is 0 Å². The summed E-state index contributed by atoms with van der Waals surface area (Å²) in [5, 5.41) is 7.33. The SMILES string of the molecule is Cc1noc(C23NCCC2C3C)n1. The highest BCUT2D eigenvalue weighted by molar-refractivity contribution is 5.26. The number of hydrogen-bond acceptors (Lipinski definition) is 4. The van der Waals surface area contributed by atoms with Crippen LogP contribution in [-0.2, 0) is 5.54 Å². The number of hydrogen-bond donors (Lipinski definition) is 1.